The Bertz CT molecular complexity index is 863. The number of rotatable bonds is 7. The SMILES string of the molecule is Cc1cccc(NC(=O)CN(C)C(=O)c2cccc(OCC(=O)O)c2)c1C. The van der Waals surface area contributed by atoms with Crippen molar-refractivity contribution in [2.45, 2.75) is 13.8 Å². The molecule has 2 N–H and O–H groups in total. The first-order chi connectivity index (χ1) is 12.8. The Morgan fingerprint density at radius 1 is 1.11 bits per heavy atom. The highest BCUT2D eigenvalue weighted by Crippen LogP contribution is 2.18. The van der Waals surface area contributed by atoms with Gasteiger partial charge in [0.05, 0.1) is 6.54 Å². The summed E-state index contributed by atoms with van der Waals surface area (Å²) in [4.78, 5) is 36.6. The lowest BCUT2D eigenvalue weighted by molar-refractivity contribution is -0.139. The van der Waals surface area contributed by atoms with Crippen LogP contribution in [-0.4, -0.2) is 48.0 Å². The molecule has 2 aromatic rings. The number of carbonyl (C=O) groups excluding carboxylic acids is 2. The van der Waals surface area contributed by atoms with E-state index in [9.17, 15) is 14.4 Å². The Hall–Kier alpha value is -3.35. The number of hydrogen-bond acceptors (Lipinski definition) is 4. The summed E-state index contributed by atoms with van der Waals surface area (Å²) >= 11 is 0. The van der Waals surface area contributed by atoms with Crippen LogP contribution in [0.4, 0.5) is 5.69 Å². The van der Waals surface area contributed by atoms with Gasteiger partial charge in [-0.05, 0) is 49.2 Å². The van der Waals surface area contributed by atoms with Gasteiger partial charge in [-0.3, -0.25) is 9.59 Å². The van der Waals surface area contributed by atoms with E-state index in [4.69, 9.17) is 9.84 Å². The van der Waals surface area contributed by atoms with Crippen molar-refractivity contribution in [1.82, 2.24) is 4.90 Å². The van der Waals surface area contributed by atoms with E-state index < -0.39 is 12.6 Å². The van der Waals surface area contributed by atoms with E-state index in [1.54, 1.807) is 18.2 Å². The molecule has 27 heavy (non-hydrogen) atoms. The molecule has 7 nitrogen and oxygen atoms in total. The summed E-state index contributed by atoms with van der Waals surface area (Å²) in [7, 11) is 1.52. The molecular weight excluding hydrogens is 348 g/mol. The molecule has 0 bridgehead atoms. The van der Waals surface area contributed by atoms with Crippen molar-refractivity contribution in [3.8, 4) is 5.75 Å². The van der Waals surface area contributed by atoms with Gasteiger partial charge in [-0.15, -0.1) is 0 Å². The molecule has 7 heteroatoms. The number of anilines is 1. The Labute approximate surface area is 157 Å². The third kappa shape index (κ3) is 5.57. The molecule has 0 unspecified atom stereocenters. The lowest BCUT2D eigenvalue weighted by Crippen LogP contribution is -2.35. The molecule has 0 radical (unpaired) electrons. The summed E-state index contributed by atoms with van der Waals surface area (Å²) in [5.41, 5.74) is 3.06. The molecular formula is C20H22N2O5. The molecule has 0 aliphatic heterocycles. The average Bonchev–Trinajstić information content (AvgIpc) is 2.63. The summed E-state index contributed by atoms with van der Waals surface area (Å²) in [6.45, 7) is 3.26. The highest BCUT2D eigenvalue weighted by atomic mass is 16.5. The second-order valence-corrected chi connectivity index (χ2v) is 6.17. The topological polar surface area (TPSA) is 95.9 Å². The number of nitrogens with zero attached hydrogens (tertiary/aromatic N) is 1. The van der Waals surface area contributed by atoms with E-state index in [1.165, 1.54) is 18.0 Å². The smallest absolute Gasteiger partial charge is 0.341 e. The molecule has 0 atom stereocenters. The Kier molecular flexibility index (Phi) is 6.54. The Balaban J connectivity index is 2.00. The van der Waals surface area contributed by atoms with E-state index in [1.807, 2.05) is 32.0 Å². The van der Waals surface area contributed by atoms with Crippen LogP contribution in [0.15, 0.2) is 42.5 Å². The Morgan fingerprint density at radius 2 is 1.81 bits per heavy atom. The molecule has 2 amide bonds. The molecule has 2 aromatic carbocycles. The van der Waals surface area contributed by atoms with Crippen LogP contribution in [0.25, 0.3) is 0 Å². The number of carboxylic acids is 1. The summed E-state index contributed by atoms with van der Waals surface area (Å²) < 4.78 is 5.07. The largest absolute Gasteiger partial charge is 0.482 e. The van der Waals surface area contributed by atoms with E-state index >= 15 is 0 Å². The average molecular weight is 370 g/mol. The fraction of sp³-hybridized carbons (Fsp3) is 0.250. The molecule has 0 saturated heterocycles. The monoisotopic (exact) mass is 370 g/mol. The van der Waals surface area contributed by atoms with E-state index in [-0.39, 0.29) is 24.1 Å². The first-order valence-corrected chi connectivity index (χ1v) is 8.34. The number of hydrogen-bond donors (Lipinski definition) is 2. The second-order valence-electron chi connectivity index (χ2n) is 6.17. The van der Waals surface area contributed by atoms with Gasteiger partial charge in [-0.1, -0.05) is 18.2 Å². The van der Waals surface area contributed by atoms with Crippen molar-refractivity contribution in [2.24, 2.45) is 0 Å². The van der Waals surface area contributed by atoms with Gasteiger partial charge in [-0.2, -0.15) is 0 Å². The van der Waals surface area contributed by atoms with E-state index in [0.29, 0.717) is 11.3 Å². The molecule has 0 heterocycles. The fourth-order valence-corrected chi connectivity index (χ4v) is 2.45. The molecule has 0 spiro atoms. The minimum atomic E-state index is -1.10. The van der Waals surface area contributed by atoms with Crippen LogP contribution in [0.3, 0.4) is 0 Å². The van der Waals surface area contributed by atoms with Gasteiger partial charge in [0, 0.05) is 18.3 Å². The van der Waals surface area contributed by atoms with Crippen molar-refractivity contribution < 1.29 is 24.2 Å². The zero-order chi connectivity index (χ0) is 20.0. The number of ether oxygens (including phenoxy) is 1. The maximum atomic E-state index is 12.5. The van der Waals surface area contributed by atoms with Gasteiger partial charge in [0.2, 0.25) is 5.91 Å². The van der Waals surface area contributed by atoms with Crippen LogP contribution in [0.2, 0.25) is 0 Å². The lowest BCUT2D eigenvalue weighted by Gasteiger charge is -2.18. The zero-order valence-corrected chi connectivity index (χ0v) is 15.5. The second kappa shape index (κ2) is 8.84. The standard InChI is InChI=1S/C20H22N2O5/c1-13-6-4-9-17(14(13)2)21-18(23)11-22(3)20(26)15-7-5-8-16(10-15)27-12-19(24)25/h4-10H,11-12H2,1-3H3,(H,21,23)(H,24,25). The van der Waals surface area contributed by atoms with Crippen LogP contribution in [0.5, 0.6) is 5.75 Å². The third-order valence-corrected chi connectivity index (χ3v) is 4.05. The molecule has 142 valence electrons. The summed E-state index contributed by atoms with van der Waals surface area (Å²) in [5.74, 6) is -1.51. The predicted molar refractivity (Wildman–Crippen MR) is 101 cm³/mol. The number of carbonyl (C=O) groups is 3. The van der Waals surface area contributed by atoms with Crippen LogP contribution in [0.1, 0.15) is 21.5 Å². The fourth-order valence-electron chi connectivity index (χ4n) is 2.45. The zero-order valence-electron chi connectivity index (χ0n) is 15.5. The van der Waals surface area contributed by atoms with Crippen molar-refractivity contribution in [3.05, 3.63) is 59.2 Å². The van der Waals surface area contributed by atoms with Crippen molar-refractivity contribution in [3.63, 3.8) is 0 Å². The predicted octanol–water partition coefficient (Wildman–Crippen LogP) is 2.48. The maximum absolute atomic E-state index is 12.5. The van der Waals surface area contributed by atoms with Gasteiger partial charge < -0.3 is 20.1 Å². The van der Waals surface area contributed by atoms with Crippen LogP contribution >= 0.6 is 0 Å². The number of carboxylic acid groups (broad SMARTS) is 1. The summed E-state index contributed by atoms with van der Waals surface area (Å²) in [6.07, 6.45) is 0. The number of nitrogens with one attached hydrogen (secondary N) is 1. The highest BCUT2D eigenvalue weighted by Gasteiger charge is 2.16. The molecule has 2 rings (SSSR count). The summed E-state index contributed by atoms with van der Waals surface area (Å²) in [6, 6.07) is 11.8. The van der Waals surface area contributed by atoms with Gasteiger partial charge in [0.15, 0.2) is 6.61 Å². The third-order valence-electron chi connectivity index (χ3n) is 4.05. The van der Waals surface area contributed by atoms with Gasteiger partial charge >= 0.3 is 5.97 Å². The number of aryl methyl sites for hydroxylation is 1. The highest BCUT2D eigenvalue weighted by molar-refractivity contribution is 5.99. The Morgan fingerprint density at radius 3 is 2.52 bits per heavy atom. The minimum absolute atomic E-state index is 0.119. The van der Waals surface area contributed by atoms with Crippen molar-refractivity contribution >= 4 is 23.5 Å². The quantitative estimate of drug-likeness (QED) is 0.781. The number of amides is 2. The van der Waals surface area contributed by atoms with Gasteiger partial charge in [0.25, 0.3) is 5.91 Å². The van der Waals surface area contributed by atoms with E-state index in [0.717, 1.165) is 11.1 Å². The van der Waals surface area contributed by atoms with Crippen molar-refractivity contribution in [2.75, 3.05) is 25.5 Å². The molecule has 0 aromatic heterocycles. The first-order valence-electron chi connectivity index (χ1n) is 8.34. The summed E-state index contributed by atoms with van der Waals surface area (Å²) in [5, 5.41) is 11.5. The van der Waals surface area contributed by atoms with Crippen LogP contribution in [0, 0.1) is 13.8 Å². The molecule has 0 saturated carbocycles. The number of benzene rings is 2. The van der Waals surface area contributed by atoms with Gasteiger partial charge in [-0.25, -0.2) is 4.79 Å². The first kappa shape index (κ1) is 20.0. The number of aliphatic carboxylic acids is 1. The number of likely N-dealkylation sites (N-methyl/N-ethyl adjacent to an activating group) is 1. The molecule has 0 aliphatic rings. The van der Waals surface area contributed by atoms with Crippen LogP contribution in [-0.2, 0) is 9.59 Å². The molecule has 0 fully saturated rings. The lowest BCUT2D eigenvalue weighted by atomic mass is 10.1. The van der Waals surface area contributed by atoms with Crippen LogP contribution < -0.4 is 10.1 Å². The molecule has 0 aliphatic carbocycles. The van der Waals surface area contributed by atoms with Gasteiger partial charge in [0.1, 0.15) is 5.75 Å². The van der Waals surface area contributed by atoms with Crippen molar-refractivity contribution in [1.29, 1.82) is 0 Å². The normalized spacial score (nSPS) is 10.2. The van der Waals surface area contributed by atoms with E-state index in [2.05, 4.69) is 5.32 Å². The maximum Gasteiger partial charge on any atom is 0.341 e. The minimum Gasteiger partial charge on any atom is -0.482 e.